The van der Waals surface area contributed by atoms with Gasteiger partial charge in [-0.25, -0.2) is 0 Å². The molecule has 0 saturated heterocycles. The Hall–Kier alpha value is -1.65. The van der Waals surface area contributed by atoms with Gasteiger partial charge >= 0.3 is 0 Å². The van der Waals surface area contributed by atoms with Crippen LogP contribution in [-0.2, 0) is 15.5 Å². The molecule has 2 atom stereocenters. The molecular weight excluding hydrogens is 332 g/mol. The van der Waals surface area contributed by atoms with Crippen molar-refractivity contribution in [2.24, 2.45) is 0 Å². The van der Waals surface area contributed by atoms with Crippen molar-refractivity contribution in [2.45, 2.75) is 55.1 Å². The molecule has 136 valence electrons. The number of unbranched alkanes of at least 4 members (excludes halogenated alkanes) is 2. The Morgan fingerprint density at radius 3 is 2.16 bits per heavy atom. The summed E-state index contributed by atoms with van der Waals surface area (Å²) < 4.78 is 13.2. The molecule has 0 heterocycles. The summed E-state index contributed by atoms with van der Waals surface area (Å²) in [5, 5.41) is 18.7. The molecule has 0 bridgehead atoms. The van der Waals surface area contributed by atoms with Crippen LogP contribution in [0.1, 0.15) is 51.0 Å². The molecule has 4 heteroatoms. The molecule has 2 N–H and O–H groups in total. The Kier molecular flexibility index (Phi) is 7.66. The highest BCUT2D eigenvalue weighted by molar-refractivity contribution is 7.86. The van der Waals surface area contributed by atoms with Crippen molar-refractivity contribution in [3.63, 3.8) is 0 Å². The van der Waals surface area contributed by atoms with Gasteiger partial charge in [-0.05, 0) is 55.5 Å². The maximum Gasteiger partial charge on any atom is 0.115 e. The van der Waals surface area contributed by atoms with Crippen LogP contribution in [0, 0.1) is 0 Å². The van der Waals surface area contributed by atoms with Crippen molar-refractivity contribution >= 4 is 10.8 Å². The van der Waals surface area contributed by atoms with E-state index in [9.17, 15) is 14.4 Å². The third-order valence-corrected chi connectivity index (χ3v) is 6.68. The zero-order chi connectivity index (χ0) is 18.1. The first kappa shape index (κ1) is 19.7. The van der Waals surface area contributed by atoms with Crippen LogP contribution in [0.4, 0.5) is 0 Å². The molecule has 0 aromatic heterocycles. The molecule has 0 aliphatic heterocycles. The molecule has 2 rings (SSSR count). The quantitative estimate of drug-likeness (QED) is 0.601. The predicted molar refractivity (Wildman–Crippen MR) is 103 cm³/mol. The summed E-state index contributed by atoms with van der Waals surface area (Å²) in [5.41, 5.74) is 1.09. The van der Waals surface area contributed by atoms with Crippen molar-refractivity contribution < 1.29 is 14.4 Å². The second-order valence-corrected chi connectivity index (χ2v) is 8.20. The summed E-state index contributed by atoms with van der Waals surface area (Å²) in [6.45, 7) is 2.30. The summed E-state index contributed by atoms with van der Waals surface area (Å²) in [6, 6.07) is 16.8. The fourth-order valence-electron chi connectivity index (χ4n) is 3.23. The van der Waals surface area contributed by atoms with E-state index in [-0.39, 0.29) is 12.4 Å². The van der Waals surface area contributed by atoms with E-state index < -0.39 is 15.5 Å². The van der Waals surface area contributed by atoms with Crippen molar-refractivity contribution in [2.75, 3.05) is 6.61 Å². The Bertz CT molecular complexity index is 655. The Balaban J connectivity index is 2.46. The van der Waals surface area contributed by atoms with Gasteiger partial charge in [0.05, 0.1) is 15.5 Å². The van der Waals surface area contributed by atoms with Gasteiger partial charge in [-0.2, -0.15) is 0 Å². The minimum atomic E-state index is -1.24. The lowest BCUT2D eigenvalue weighted by molar-refractivity contribution is 0.278. The van der Waals surface area contributed by atoms with E-state index in [0.29, 0.717) is 6.42 Å². The highest BCUT2D eigenvalue weighted by Crippen LogP contribution is 2.41. The zero-order valence-corrected chi connectivity index (χ0v) is 15.7. The number of hydrogen-bond acceptors (Lipinski definition) is 3. The van der Waals surface area contributed by atoms with E-state index in [2.05, 4.69) is 19.1 Å². The average Bonchev–Trinajstić information content (AvgIpc) is 2.65. The van der Waals surface area contributed by atoms with Crippen LogP contribution in [0.5, 0.6) is 5.75 Å². The van der Waals surface area contributed by atoms with Gasteiger partial charge in [-0.3, -0.25) is 4.21 Å². The SMILES string of the molecule is CCCCC(CCCCO)(c1ccccc1)S(=O)c1ccc(O)cc1. The monoisotopic (exact) mass is 360 g/mol. The number of phenols is 1. The number of aromatic hydroxyl groups is 1. The van der Waals surface area contributed by atoms with Crippen LogP contribution in [0.15, 0.2) is 59.5 Å². The van der Waals surface area contributed by atoms with Gasteiger partial charge in [-0.15, -0.1) is 0 Å². The summed E-state index contributed by atoms with van der Waals surface area (Å²) in [6.07, 6.45) is 5.20. The van der Waals surface area contributed by atoms with Gasteiger partial charge in [-0.1, -0.05) is 50.1 Å². The second-order valence-electron chi connectivity index (χ2n) is 6.41. The largest absolute Gasteiger partial charge is 0.508 e. The highest BCUT2D eigenvalue weighted by atomic mass is 32.2. The van der Waals surface area contributed by atoms with Crippen LogP contribution in [0.3, 0.4) is 0 Å². The summed E-state index contributed by atoms with van der Waals surface area (Å²) in [4.78, 5) is 0.738. The molecule has 0 amide bonds. The lowest BCUT2D eigenvalue weighted by Crippen LogP contribution is -2.32. The fraction of sp³-hybridized carbons (Fsp3) is 0.429. The fourth-order valence-corrected chi connectivity index (χ4v) is 5.07. The van der Waals surface area contributed by atoms with E-state index in [4.69, 9.17) is 0 Å². The van der Waals surface area contributed by atoms with E-state index in [0.717, 1.165) is 42.6 Å². The van der Waals surface area contributed by atoms with Crippen LogP contribution >= 0.6 is 0 Å². The van der Waals surface area contributed by atoms with Crippen LogP contribution in [0.2, 0.25) is 0 Å². The smallest absolute Gasteiger partial charge is 0.115 e. The minimum Gasteiger partial charge on any atom is -0.508 e. The maximum atomic E-state index is 13.6. The van der Waals surface area contributed by atoms with Crippen LogP contribution in [0.25, 0.3) is 0 Å². The van der Waals surface area contributed by atoms with E-state index in [1.165, 1.54) is 0 Å². The number of aliphatic hydroxyl groups excluding tert-OH is 1. The molecule has 0 radical (unpaired) electrons. The van der Waals surface area contributed by atoms with Gasteiger partial charge < -0.3 is 10.2 Å². The standard InChI is InChI=1S/C21H28O3S/c1-2-3-15-21(16-7-8-17-22,18-9-5-4-6-10-18)25(24)20-13-11-19(23)12-14-20/h4-6,9-14,22-23H,2-3,7-8,15-17H2,1H3. The molecule has 25 heavy (non-hydrogen) atoms. The molecule has 0 aliphatic rings. The van der Waals surface area contributed by atoms with Crippen LogP contribution < -0.4 is 0 Å². The topological polar surface area (TPSA) is 57.5 Å². The number of rotatable bonds is 10. The van der Waals surface area contributed by atoms with Crippen LogP contribution in [-0.4, -0.2) is 21.0 Å². The van der Waals surface area contributed by atoms with E-state index in [1.54, 1.807) is 24.3 Å². The third-order valence-electron chi connectivity index (χ3n) is 4.63. The number of aliphatic hydroxyl groups is 1. The first-order valence-corrected chi connectivity index (χ1v) is 10.2. The Morgan fingerprint density at radius 1 is 0.920 bits per heavy atom. The van der Waals surface area contributed by atoms with E-state index >= 15 is 0 Å². The number of phenolic OH excluding ortho intramolecular Hbond substituents is 1. The number of benzene rings is 2. The van der Waals surface area contributed by atoms with Gasteiger partial charge in [0, 0.05) is 11.5 Å². The Morgan fingerprint density at radius 2 is 1.56 bits per heavy atom. The maximum absolute atomic E-state index is 13.6. The predicted octanol–water partition coefficient (Wildman–Crippen LogP) is 4.75. The molecule has 2 aromatic rings. The molecule has 0 aliphatic carbocycles. The van der Waals surface area contributed by atoms with E-state index in [1.807, 2.05) is 18.2 Å². The minimum absolute atomic E-state index is 0.157. The highest BCUT2D eigenvalue weighted by Gasteiger charge is 2.38. The first-order chi connectivity index (χ1) is 12.1. The molecule has 2 aromatic carbocycles. The van der Waals surface area contributed by atoms with Crippen molar-refractivity contribution in [3.8, 4) is 5.75 Å². The lowest BCUT2D eigenvalue weighted by atomic mass is 9.88. The van der Waals surface area contributed by atoms with Crippen molar-refractivity contribution in [1.82, 2.24) is 0 Å². The molecule has 0 fully saturated rings. The van der Waals surface area contributed by atoms with Gasteiger partial charge in [0.15, 0.2) is 0 Å². The first-order valence-electron chi connectivity index (χ1n) is 9.01. The summed E-state index contributed by atoms with van der Waals surface area (Å²) in [5.74, 6) is 0.180. The van der Waals surface area contributed by atoms with Crippen molar-refractivity contribution in [1.29, 1.82) is 0 Å². The lowest BCUT2D eigenvalue weighted by Gasteiger charge is -2.34. The molecular formula is C21H28O3S. The van der Waals surface area contributed by atoms with Gasteiger partial charge in [0.2, 0.25) is 0 Å². The molecule has 0 saturated carbocycles. The Labute approximate surface area is 153 Å². The summed E-state index contributed by atoms with van der Waals surface area (Å²) in [7, 11) is -1.24. The molecule has 3 nitrogen and oxygen atoms in total. The van der Waals surface area contributed by atoms with Crippen molar-refractivity contribution in [3.05, 3.63) is 60.2 Å². The summed E-state index contributed by atoms with van der Waals surface area (Å²) >= 11 is 0. The number of hydrogen-bond donors (Lipinski definition) is 2. The normalized spacial score (nSPS) is 14.8. The zero-order valence-electron chi connectivity index (χ0n) is 14.9. The van der Waals surface area contributed by atoms with Gasteiger partial charge in [0.1, 0.15) is 5.75 Å². The third kappa shape index (κ3) is 4.93. The second kappa shape index (κ2) is 9.73. The average molecular weight is 361 g/mol. The molecule has 2 unspecified atom stereocenters. The van der Waals surface area contributed by atoms with Gasteiger partial charge in [0.25, 0.3) is 0 Å². The molecule has 0 spiro atoms.